The van der Waals surface area contributed by atoms with E-state index in [0.717, 1.165) is 16.7 Å². The summed E-state index contributed by atoms with van der Waals surface area (Å²) in [6, 6.07) is 21.0. The van der Waals surface area contributed by atoms with E-state index in [0.29, 0.717) is 11.6 Å². The minimum atomic E-state index is -0.0188. The predicted molar refractivity (Wildman–Crippen MR) is 86.7 cm³/mol. The van der Waals surface area contributed by atoms with Crippen molar-refractivity contribution in [2.45, 2.75) is 6.54 Å². The molecule has 0 aliphatic rings. The van der Waals surface area contributed by atoms with Crippen LogP contribution in [0, 0.1) is 0 Å². The Hall–Kier alpha value is -2.32. The fourth-order valence-corrected chi connectivity index (χ4v) is 2.50. The van der Waals surface area contributed by atoms with Gasteiger partial charge in [-0.2, -0.15) is 0 Å². The summed E-state index contributed by atoms with van der Waals surface area (Å²) in [5.41, 5.74) is 3.11. The normalized spacial score (nSPS) is 10.5. The number of hydrogen-bond donors (Lipinski definition) is 0. The maximum atomic E-state index is 12.0. The van der Waals surface area contributed by atoms with Gasteiger partial charge in [-0.1, -0.05) is 54.1 Å². The van der Waals surface area contributed by atoms with Crippen LogP contribution in [0.1, 0.15) is 5.56 Å². The molecule has 0 aliphatic carbocycles. The molecule has 0 spiro atoms. The van der Waals surface area contributed by atoms with Crippen LogP contribution in [0.5, 0.6) is 0 Å². The van der Waals surface area contributed by atoms with Crippen LogP contribution < -0.4 is 5.56 Å². The number of hydrogen-bond acceptors (Lipinski definition) is 1. The molecule has 0 atom stereocenters. The van der Waals surface area contributed by atoms with Gasteiger partial charge in [-0.3, -0.25) is 4.79 Å². The molecule has 1 aromatic heterocycles. The van der Waals surface area contributed by atoms with E-state index in [1.807, 2.05) is 66.9 Å². The third-order valence-electron chi connectivity index (χ3n) is 3.33. The maximum Gasteiger partial charge on any atom is 0.250 e. The molecule has 2 nitrogen and oxygen atoms in total. The Balaban J connectivity index is 1.97. The molecule has 3 aromatic rings. The third-order valence-corrected chi connectivity index (χ3v) is 3.57. The Bertz CT molecular complexity index is 809. The fourth-order valence-electron chi connectivity index (χ4n) is 2.29. The molecule has 3 rings (SSSR count). The summed E-state index contributed by atoms with van der Waals surface area (Å²) in [7, 11) is 0. The highest BCUT2D eigenvalue weighted by Gasteiger charge is 2.02. The van der Waals surface area contributed by atoms with E-state index in [2.05, 4.69) is 0 Å². The van der Waals surface area contributed by atoms with Crippen molar-refractivity contribution in [3.63, 3.8) is 0 Å². The van der Waals surface area contributed by atoms with Crippen molar-refractivity contribution < 1.29 is 0 Å². The highest BCUT2D eigenvalue weighted by molar-refractivity contribution is 6.30. The van der Waals surface area contributed by atoms with Crippen LogP contribution in [0.2, 0.25) is 5.02 Å². The zero-order valence-corrected chi connectivity index (χ0v) is 12.1. The first kappa shape index (κ1) is 13.7. The summed E-state index contributed by atoms with van der Waals surface area (Å²) in [6.07, 6.45) is 1.89. The molecule has 1 heterocycles. The number of pyridine rings is 1. The molecule has 0 saturated heterocycles. The Morgan fingerprint density at radius 3 is 2.43 bits per heavy atom. The lowest BCUT2D eigenvalue weighted by Gasteiger charge is -2.09. The van der Waals surface area contributed by atoms with Gasteiger partial charge in [-0.25, -0.2) is 0 Å². The van der Waals surface area contributed by atoms with E-state index in [-0.39, 0.29) is 5.56 Å². The van der Waals surface area contributed by atoms with E-state index >= 15 is 0 Å². The highest BCUT2D eigenvalue weighted by Crippen LogP contribution is 2.17. The topological polar surface area (TPSA) is 22.0 Å². The summed E-state index contributed by atoms with van der Waals surface area (Å²) in [5.74, 6) is 0. The van der Waals surface area contributed by atoms with Gasteiger partial charge in [0.1, 0.15) is 0 Å². The van der Waals surface area contributed by atoms with Crippen LogP contribution in [0.3, 0.4) is 0 Å². The molecule has 0 amide bonds. The zero-order valence-electron chi connectivity index (χ0n) is 11.4. The van der Waals surface area contributed by atoms with Gasteiger partial charge in [0.25, 0.3) is 5.56 Å². The predicted octanol–water partition coefficient (Wildman–Crippen LogP) is 4.22. The van der Waals surface area contributed by atoms with Gasteiger partial charge in [0.15, 0.2) is 0 Å². The first-order valence-corrected chi connectivity index (χ1v) is 7.10. The molecule has 3 heteroatoms. The molecular formula is C18H14ClNO. The van der Waals surface area contributed by atoms with Gasteiger partial charge < -0.3 is 4.57 Å². The van der Waals surface area contributed by atoms with Gasteiger partial charge in [0.2, 0.25) is 0 Å². The smallest absolute Gasteiger partial charge is 0.250 e. The molecule has 104 valence electrons. The minimum absolute atomic E-state index is 0.0188. The summed E-state index contributed by atoms with van der Waals surface area (Å²) >= 11 is 5.99. The Labute approximate surface area is 128 Å². The van der Waals surface area contributed by atoms with Crippen LogP contribution in [0.25, 0.3) is 11.1 Å². The number of benzene rings is 2. The van der Waals surface area contributed by atoms with E-state index in [4.69, 9.17) is 11.6 Å². The number of aromatic nitrogens is 1. The number of halogens is 1. The average Bonchev–Trinajstić information content (AvgIpc) is 2.50. The molecule has 0 fully saturated rings. The van der Waals surface area contributed by atoms with Crippen molar-refractivity contribution in [1.82, 2.24) is 4.57 Å². The van der Waals surface area contributed by atoms with E-state index in [1.165, 1.54) is 0 Å². The van der Waals surface area contributed by atoms with Gasteiger partial charge in [-0.15, -0.1) is 0 Å². The summed E-state index contributed by atoms with van der Waals surface area (Å²) < 4.78 is 1.70. The zero-order chi connectivity index (χ0) is 14.7. The van der Waals surface area contributed by atoms with Gasteiger partial charge in [0, 0.05) is 17.3 Å². The molecule has 0 radical (unpaired) electrons. The van der Waals surface area contributed by atoms with Crippen LogP contribution in [-0.4, -0.2) is 4.57 Å². The SMILES string of the molecule is O=c1ccc(-c2ccccc2)cn1Cc1cccc(Cl)c1. The van der Waals surface area contributed by atoms with Crippen molar-refractivity contribution in [2.24, 2.45) is 0 Å². The second-order valence-electron chi connectivity index (χ2n) is 4.88. The van der Waals surface area contributed by atoms with Crippen LogP contribution in [-0.2, 0) is 6.54 Å². The third kappa shape index (κ3) is 3.23. The Morgan fingerprint density at radius 2 is 1.67 bits per heavy atom. The summed E-state index contributed by atoms with van der Waals surface area (Å²) in [4.78, 5) is 12.0. The second kappa shape index (κ2) is 5.98. The quantitative estimate of drug-likeness (QED) is 0.709. The van der Waals surface area contributed by atoms with E-state index in [1.54, 1.807) is 10.6 Å². The molecule has 0 aliphatic heterocycles. The van der Waals surface area contributed by atoms with Crippen molar-refractivity contribution >= 4 is 11.6 Å². The van der Waals surface area contributed by atoms with Crippen molar-refractivity contribution in [3.8, 4) is 11.1 Å². The molecular weight excluding hydrogens is 282 g/mol. The molecule has 0 unspecified atom stereocenters. The van der Waals surface area contributed by atoms with Crippen molar-refractivity contribution in [3.05, 3.63) is 93.9 Å². The van der Waals surface area contributed by atoms with Crippen LogP contribution >= 0.6 is 11.6 Å². The van der Waals surface area contributed by atoms with Crippen molar-refractivity contribution in [1.29, 1.82) is 0 Å². The maximum absolute atomic E-state index is 12.0. The van der Waals surface area contributed by atoms with Crippen molar-refractivity contribution in [2.75, 3.05) is 0 Å². The number of rotatable bonds is 3. The lowest BCUT2D eigenvalue weighted by molar-refractivity contribution is 0.761. The highest BCUT2D eigenvalue weighted by atomic mass is 35.5. The van der Waals surface area contributed by atoms with E-state index in [9.17, 15) is 4.79 Å². The molecule has 0 bridgehead atoms. The lowest BCUT2D eigenvalue weighted by atomic mass is 10.1. The first-order valence-electron chi connectivity index (χ1n) is 6.73. The molecule has 0 saturated carbocycles. The monoisotopic (exact) mass is 295 g/mol. The van der Waals surface area contributed by atoms with Crippen LogP contribution in [0.15, 0.2) is 77.7 Å². The lowest BCUT2D eigenvalue weighted by Crippen LogP contribution is -2.19. The van der Waals surface area contributed by atoms with Gasteiger partial charge >= 0.3 is 0 Å². The van der Waals surface area contributed by atoms with Gasteiger partial charge in [0.05, 0.1) is 6.54 Å². The summed E-state index contributed by atoms with van der Waals surface area (Å²) in [6.45, 7) is 0.514. The van der Waals surface area contributed by atoms with Crippen LogP contribution in [0.4, 0.5) is 0 Å². The largest absolute Gasteiger partial charge is 0.310 e. The standard InChI is InChI=1S/C18H14ClNO/c19-17-8-4-5-14(11-17)12-20-13-16(9-10-18(20)21)15-6-2-1-3-7-15/h1-11,13H,12H2. The molecule has 21 heavy (non-hydrogen) atoms. The fraction of sp³-hybridized carbons (Fsp3) is 0.0556. The Kier molecular flexibility index (Phi) is 3.89. The van der Waals surface area contributed by atoms with E-state index < -0.39 is 0 Å². The first-order chi connectivity index (χ1) is 10.2. The molecule has 2 aromatic carbocycles. The molecule has 0 N–H and O–H groups in total. The Morgan fingerprint density at radius 1 is 0.857 bits per heavy atom. The second-order valence-corrected chi connectivity index (χ2v) is 5.32. The van der Waals surface area contributed by atoms with Gasteiger partial charge in [-0.05, 0) is 34.9 Å². The summed E-state index contributed by atoms with van der Waals surface area (Å²) in [5, 5.41) is 0.680. The number of nitrogens with zero attached hydrogens (tertiary/aromatic N) is 1. The average molecular weight is 296 g/mol. The minimum Gasteiger partial charge on any atom is -0.310 e.